The number of urea groups is 1. The number of thiophene rings is 1. The number of aliphatic hydroxyl groups is 1. The molecular weight excluding hydrogens is 280 g/mol. The third kappa shape index (κ3) is 4.17. The standard InChI is InChI=1S/C10H13ClN2O4S/c1-5(7-2-3-8(11)18-7)12-10(17)13-6(4-14)9(15)16/h2-3,5-6,14H,4H2,1H3,(H,15,16)(H2,12,13,17). The van der Waals surface area contributed by atoms with Gasteiger partial charge in [0, 0.05) is 4.88 Å². The van der Waals surface area contributed by atoms with Gasteiger partial charge in [0.1, 0.15) is 0 Å². The van der Waals surface area contributed by atoms with Crippen LogP contribution in [0.15, 0.2) is 12.1 Å². The van der Waals surface area contributed by atoms with Crippen molar-refractivity contribution < 1.29 is 19.8 Å². The third-order valence-electron chi connectivity index (χ3n) is 2.15. The van der Waals surface area contributed by atoms with Gasteiger partial charge in [-0.05, 0) is 19.1 Å². The molecule has 2 amide bonds. The van der Waals surface area contributed by atoms with E-state index in [1.54, 1.807) is 19.1 Å². The molecule has 0 spiro atoms. The second-order valence-electron chi connectivity index (χ2n) is 3.55. The monoisotopic (exact) mass is 292 g/mol. The van der Waals surface area contributed by atoms with Gasteiger partial charge in [0.15, 0.2) is 6.04 Å². The molecule has 4 N–H and O–H groups in total. The quantitative estimate of drug-likeness (QED) is 0.655. The molecule has 8 heteroatoms. The summed E-state index contributed by atoms with van der Waals surface area (Å²) in [6, 6.07) is 1.22. The highest BCUT2D eigenvalue weighted by atomic mass is 35.5. The Morgan fingerprint density at radius 2 is 2.11 bits per heavy atom. The Balaban J connectivity index is 2.52. The first kappa shape index (κ1) is 14.7. The van der Waals surface area contributed by atoms with Crippen LogP contribution in [0.25, 0.3) is 0 Å². The molecule has 6 nitrogen and oxygen atoms in total. The number of carbonyl (C=O) groups excluding carboxylic acids is 1. The van der Waals surface area contributed by atoms with Gasteiger partial charge in [-0.1, -0.05) is 11.6 Å². The molecule has 0 aromatic carbocycles. The summed E-state index contributed by atoms with van der Waals surface area (Å²) in [6.45, 7) is 1.08. The number of rotatable bonds is 5. The van der Waals surface area contributed by atoms with Crippen molar-refractivity contribution in [2.45, 2.75) is 19.0 Å². The maximum absolute atomic E-state index is 11.5. The number of hydrogen-bond acceptors (Lipinski definition) is 4. The zero-order valence-electron chi connectivity index (χ0n) is 9.51. The van der Waals surface area contributed by atoms with E-state index >= 15 is 0 Å². The van der Waals surface area contributed by atoms with Gasteiger partial charge in [0.25, 0.3) is 0 Å². The SMILES string of the molecule is CC(NC(=O)NC(CO)C(=O)O)c1ccc(Cl)s1. The summed E-state index contributed by atoms with van der Waals surface area (Å²) in [7, 11) is 0. The van der Waals surface area contributed by atoms with Crippen LogP contribution in [0.5, 0.6) is 0 Å². The van der Waals surface area contributed by atoms with E-state index in [0.717, 1.165) is 4.88 Å². The number of carboxylic acid groups (broad SMARTS) is 1. The van der Waals surface area contributed by atoms with Crippen LogP contribution in [0, 0.1) is 0 Å². The minimum atomic E-state index is -1.32. The highest BCUT2D eigenvalue weighted by Crippen LogP contribution is 2.26. The lowest BCUT2D eigenvalue weighted by Gasteiger charge is -2.16. The molecule has 0 radical (unpaired) electrons. The van der Waals surface area contributed by atoms with Crippen LogP contribution in [-0.2, 0) is 4.79 Å². The van der Waals surface area contributed by atoms with E-state index in [1.165, 1.54) is 11.3 Å². The van der Waals surface area contributed by atoms with Gasteiger partial charge in [-0.25, -0.2) is 9.59 Å². The van der Waals surface area contributed by atoms with Crippen molar-refractivity contribution in [3.63, 3.8) is 0 Å². The van der Waals surface area contributed by atoms with E-state index in [0.29, 0.717) is 4.34 Å². The molecule has 100 valence electrons. The molecule has 1 aromatic rings. The molecule has 2 atom stereocenters. The molecule has 1 rings (SSSR count). The Bertz CT molecular complexity index is 437. The third-order valence-corrected chi connectivity index (χ3v) is 3.57. The van der Waals surface area contributed by atoms with Crippen molar-refractivity contribution in [1.29, 1.82) is 0 Å². The van der Waals surface area contributed by atoms with Crippen LogP contribution in [0.4, 0.5) is 4.79 Å². The number of aliphatic carboxylic acids is 1. The molecule has 0 aliphatic rings. The minimum absolute atomic E-state index is 0.296. The highest BCUT2D eigenvalue weighted by Gasteiger charge is 2.20. The summed E-state index contributed by atoms with van der Waals surface area (Å²) >= 11 is 7.09. The Kier molecular flexibility index (Phi) is 5.39. The van der Waals surface area contributed by atoms with E-state index in [1.807, 2.05) is 0 Å². The lowest BCUT2D eigenvalue weighted by Crippen LogP contribution is -2.48. The fourth-order valence-electron chi connectivity index (χ4n) is 1.21. The molecule has 0 aliphatic heterocycles. The zero-order chi connectivity index (χ0) is 13.7. The van der Waals surface area contributed by atoms with Gasteiger partial charge in [-0.3, -0.25) is 0 Å². The molecule has 0 bridgehead atoms. The second kappa shape index (κ2) is 6.58. The molecule has 18 heavy (non-hydrogen) atoms. The number of hydrogen-bond donors (Lipinski definition) is 4. The summed E-state index contributed by atoms with van der Waals surface area (Å²) in [6.07, 6.45) is 0. The molecule has 0 aliphatic carbocycles. The van der Waals surface area contributed by atoms with Crippen molar-refractivity contribution in [2.75, 3.05) is 6.61 Å². The van der Waals surface area contributed by atoms with Crippen LogP contribution in [0.2, 0.25) is 4.34 Å². The number of halogens is 1. The Hall–Kier alpha value is -1.31. The smallest absolute Gasteiger partial charge is 0.328 e. The van der Waals surface area contributed by atoms with Crippen molar-refractivity contribution in [2.24, 2.45) is 0 Å². The number of carbonyl (C=O) groups is 2. The first-order chi connectivity index (χ1) is 8.43. The molecule has 0 saturated carbocycles. The van der Waals surface area contributed by atoms with Crippen LogP contribution in [-0.4, -0.2) is 34.9 Å². The van der Waals surface area contributed by atoms with Crippen LogP contribution in [0.1, 0.15) is 17.8 Å². The Morgan fingerprint density at radius 1 is 1.44 bits per heavy atom. The number of carboxylic acids is 1. The second-order valence-corrected chi connectivity index (χ2v) is 5.30. The van der Waals surface area contributed by atoms with Gasteiger partial charge < -0.3 is 20.8 Å². The number of nitrogens with one attached hydrogen (secondary N) is 2. The van der Waals surface area contributed by atoms with Crippen molar-refractivity contribution in [3.8, 4) is 0 Å². The van der Waals surface area contributed by atoms with E-state index < -0.39 is 24.6 Å². The Labute approximate surface area is 113 Å². The molecule has 0 fully saturated rings. The average Bonchev–Trinajstić information content (AvgIpc) is 2.72. The first-order valence-corrected chi connectivity index (χ1v) is 6.29. The fourth-order valence-corrected chi connectivity index (χ4v) is 2.28. The maximum Gasteiger partial charge on any atom is 0.328 e. The predicted molar refractivity (Wildman–Crippen MR) is 67.9 cm³/mol. The van der Waals surface area contributed by atoms with Gasteiger partial charge in [0.2, 0.25) is 0 Å². The summed E-state index contributed by atoms with van der Waals surface area (Å²) in [4.78, 5) is 22.9. The summed E-state index contributed by atoms with van der Waals surface area (Å²) < 4.78 is 0.609. The number of aliphatic hydroxyl groups excluding tert-OH is 1. The zero-order valence-corrected chi connectivity index (χ0v) is 11.1. The highest BCUT2D eigenvalue weighted by molar-refractivity contribution is 7.16. The summed E-state index contributed by atoms with van der Waals surface area (Å²) in [5.41, 5.74) is 0. The van der Waals surface area contributed by atoms with Crippen LogP contribution in [0.3, 0.4) is 0 Å². The topological polar surface area (TPSA) is 98.7 Å². The van der Waals surface area contributed by atoms with Gasteiger partial charge in [0.05, 0.1) is 17.0 Å². The molecule has 1 aromatic heterocycles. The van der Waals surface area contributed by atoms with Gasteiger partial charge in [-0.15, -0.1) is 11.3 Å². The lowest BCUT2D eigenvalue weighted by atomic mass is 10.3. The van der Waals surface area contributed by atoms with E-state index in [-0.39, 0.29) is 6.04 Å². The molecule has 2 unspecified atom stereocenters. The first-order valence-electron chi connectivity index (χ1n) is 5.10. The summed E-state index contributed by atoms with van der Waals surface area (Å²) in [5, 5.41) is 22.1. The normalized spacial score (nSPS) is 13.7. The van der Waals surface area contributed by atoms with Gasteiger partial charge >= 0.3 is 12.0 Å². The Morgan fingerprint density at radius 3 is 2.56 bits per heavy atom. The molecule has 0 saturated heterocycles. The largest absolute Gasteiger partial charge is 0.480 e. The van der Waals surface area contributed by atoms with Crippen molar-refractivity contribution in [3.05, 3.63) is 21.3 Å². The number of amides is 2. The maximum atomic E-state index is 11.5. The van der Waals surface area contributed by atoms with Crippen molar-refractivity contribution in [1.82, 2.24) is 10.6 Å². The summed E-state index contributed by atoms with van der Waals surface area (Å²) in [5.74, 6) is -1.29. The van der Waals surface area contributed by atoms with Gasteiger partial charge in [-0.2, -0.15) is 0 Å². The van der Waals surface area contributed by atoms with Crippen LogP contribution >= 0.6 is 22.9 Å². The molecular formula is C10H13ClN2O4S. The van der Waals surface area contributed by atoms with E-state index in [9.17, 15) is 9.59 Å². The minimum Gasteiger partial charge on any atom is -0.480 e. The average molecular weight is 293 g/mol. The predicted octanol–water partition coefficient (Wildman–Crippen LogP) is 1.21. The van der Waals surface area contributed by atoms with E-state index in [2.05, 4.69) is 10.6 Å². The fraction of sp³-hybridized carbons (Fsp3) is 0.400. The van der Waals surface area contributed by atoms with Crippen LogP contribution < -0.4 is 10.6 Å². The van der Waals surface area contributed by atoms with Crippen molar-refractivity contribution >= 4 is 34.9 Å². The van der Waals surface area contributed by atoms with E-state index in [4.69, 9.17) is 21.8 Å². The molecule has 1 heterocycles. The lowest BCUT2D eigenvalue weighted by molar-refractivity contribution is -0.140.